The molecular weight excluding hydrogens is 179 g/mol. The van der Waals surface area contributed by atoms with Crippen molar-refractivity contribution in [1.82, 2.24) is 2.87 Å². The van der Waals surface area contributed by atoms with Crippen LogP contribution in [0.25, 0.3) is 0 Å². The maximum atomic E-state index is 2.61. The van der Waals surface area contributed by atoms with E-state index in [1.165, 1.54) is 0 Å². The number of rotatable bonds is 2. The molecule has 0 saturated heterocycles. The van der Waals surface area contributed by atoms with Crippen molar-refractivity contribution in [1.29, 1.82) is 0 Å². The predicted octanol–water partition coefficient (Wildman–Crippen LogP) is 1.42. The van der Waals surface area contributed by atoms with Crippen LogP contribution in [0.15, 0.2) is 0 Å². The molecule has 0 aromatic rings. The molecule has 0 fully saturated rings. The van der Waals surface area contributed by atoms with Gasteiger partial charge in [-0.15, -0.1) is 0 Å². The summed E-state index contributed by atoms with van der Waals surface area (Å²) < 4.78 is 2.61. The molecule has 51 valence electrons. The number of hydrogen-bond acceptors (Lipinski definition) is 1. The molecule has 1 radical (unpaired) electrons. The summed E-state index contributed by atoms with van der Waals surface area (Å²) in [6.07, 6.45) is 0. The smallest absolute Gasteiger partial charge is 0.343 e. The summed E-state index contributed by atoms with van der Waals surface area (Å²) in [5, 5.41) is 0. The first-order valence-corrected chi connectivity index (χ1v) is 8.92. The van der Waals surface area contributed by atoms with Crippen molar-refractivity contribution in [2.75, 3.05) is 7.05 Å². The second-order valence-corrected chi connectivity index (χ2v) is 9.45. The summed E-state index contributed by atoms with van der Waals surface area (Å²) in [6, 6.07) is 0. The summed E-state index contributed by atoms with van der Waals surface area (Å²) in [5.74, 6) is 9.53. The number of hydrogen-bond donors (Lipinski definition) is 0. The first-order valence-electron chi connectivity index (χ1n) is 3.27. The van der Waals surface area contributed by atoms with Crippen LogP contribution in [0.4, 0.5) is 0 Å². The molecule has 1 nitrogen and oxygen atoms in total. The van der Waals surface area contributed by atoms with Crippen LogP contribution in [-0.2, 0) is 18.6 Å². The Hall–Kier alpha value is 1.61. The Labute approximate surface area is 79.9 Å². The Morgan fingerprint density at radius 2 is 1.11 bits per heavy atom. The van der Waals surface area contributed by atoms with Crippen LogP contribution < -0.4 is 0 Å². The van der Waals surface area contributed by atoms with Gasteiger partial charge in [0, 0.05) is 18.6 Å². The van der Waals surface area contributed by atoms with Gasteiger partial charge in [-0.05, 0) is 0 Å². The average molecular weight is 194 g/mol. The van der Waals surface area contributed by atoms with Gasteiger partial charge in [0.1, 0.15) is 0 Å². The van der Waals surface area contributed by atoms with E-state index in [0.29, 0.717) is 0 Å². The molecule has 0 bridgehead atoms. The molecule has 0 unspecified atom stereocenters. The third-order valence-electron chi connectivity index (χ3n) is 1.63. The first-order chi connectivity index (χ1) is 3.55. The average Bonchev–Trinajstić information content (AvgIpc) is 1.64. The minimum atomic E-state index is -0.427. The summed E-state index contributed by atoms with van der Waals surface area (Å²) in [6.45, 7) is 0. The monoisotopic (exact) mass is 194 g/mol. The van der Waals surface area contributed by atoms with E-state index in [1.807, 2.05) is 0 Å². The Bertz CT molecular complexity index is 60.0. The molecule has 0 N–H and O–H groups in total. The van der Waals surface area contributed by atoms with E-state index in [0.717, 1.165) is 0 Å². The molecule has 0 saturated carbocycles. The van der Waals surface area contributed by atoms with Gasteiger partial charge in [0.15, 0.2) is 0 Å². The van der Waals surface area contributed by atoms with Crippen LogP contribution >= 0.6 is 0 Å². The van der Waals surface area contributed by atoms with Gasteiger partial charge < -0.3 is 2.87 Å². The molecule has 0 spiro atoms. The molecule has 0 aliphatic heterocycles. The molecule has 0 aromatic carbocycles. The van der Waals surface area contributed by atoms with Gasteiger partial charge in [-0.1, -0.05) is 30.2 Å². The molecule has 0 amide bonds. The van der Waals surface area contributed by atoms with Crippen molar-refractivity contribution < 1.29 is 18.6 Å². The van der Waals surface area contributed by atoms with Crippen molar-refractivity contribution in [3.05, 3.63) is 0 Å². The van der Waals surface area contributed by atoms with E-state index in [4.69, 9.17) is 0 Å². The zero-order valence-electron chi connectivity index (χ0n) is 7.05. The zero-order chi connectivity index (χ0) is 6.73. The van der Waals surface area contributed by atoms with E-state index < -0.39 is 28.7 Å². The van der Waals surface area contributed by atoms with Crippen molar-refractivity contribution in [3.8, 4) is 0 Å². The van der Waals surface area contributed by atoms with Gasteiger partial charge >= 0.3 is 28.7 Å². The number of nitrogens with zero attached hydrogens (tertiary/aromatic N) is 1. The van der Waals surface area contributed by atoms with Gasteiger partial charge in [-0.25, -0.2) is 0 Å². The summed E-state index contributed by atoms with van der Waals surface area (Å²) in [5.41, 5.74) is 0. The van der Waals surface area contributed by atoms with E-state index >= 15 is 0 Å². The molecule has 0 aliphatic carbocycles. The van der Waals surface area contributed by atoms with Crippen molar-refractivity contribution in [2.24, 2.45) is 0 Å². The van der Waals surface area contributed by atoms with E-state index in [2.05, 4.69) is 33.1 Å². The van der Waals surface area contributed by atoms with Crippen LogP contribution in [-0.4, -0.2) is 38.7 Å². The Morgan fingerprint density at radius 3 is 1.11 bits per heavy atom. The fraction of sp³-hybridized carbons (Fsp3) is 1.00. The van der Waals surface area contributed by atoms with Gasteiger partial charge in [-0.3, -0.25) is 0 Å². The zero-order valence-corrected chi connectivity index (χ0v) is 10.8. The van der Waals surface area contributed by atoms with Gasteiger partial charge in [0.25, 0.3) is 0 Å². The first kappa shape index (κ1) is 13.2. The quantitative estimate of drug-likeness (QED) is 0.601. The van der Waals surface area contributed by atoms with Gasteiger partial charge in [0.05, 0.1) is 0 Å². The predicted molar refractivity (Wildman–Crippen MR) is 42.7 cm³/mol. The minimum Gasteiger partial charge on any atom is -0.474 e. The van der Waals surface area contributed by atoms with Gasteiger partial charge in [-0.2, -0.15) is 0 Å². The normalized spacial score (nSPS) is 8.67. The second-order valence-electron chi connectivity index (χ2n) is 2.85. The van der Waals surface area contributed by atoms with Crippen molar-refractivity contribution in [3.63, 3.8) is 0 Å². The van der Waals surface area contributed by atoms with Crippen LogP contribution in [0.2, 0.25) is 23.1 Å². The fourth-order valence-electron chi connectivity index (χ4n) is 0.596. The largest absolute Gasteiger partial charge is 0.474 e. The Morgan fingerprint density at radius 1 is 0.889 bits per heavy atom. The molecule has 0 rings (SSSR count). The minimum absolute atomic E-state index is 0. The maximum absolute atomic E-state index is 2.61. The second kappa shape index (κ2) is 6.33. The Kier molecular flexibility index (Phi) is 9.29. The SMILES string of the molecule is C[N]([Al]([CH3])[CH3])[Al]([CH3])[CH3].[V]. The van der Waals surface area contributed by atoms with Crippen molar-refractivity contribution >= 4 is 28.7 Å². The molecule has 0 aliphatic rings. The van der Waals surface area contributed by atoms with Gasteiger partial charge in [0.2, 0.25) is 0 Å². The summed E-state index contributed by atoms with van der Waals surface area (Å²) >= 11 is -0.855. The Balaban J connectivity index is 0. The molecule has 0 atom stereocenters. The van der Waals surface area contributed by atoms with Crippen LogP contribution in [0, 0.1) is 0 Å². The van der Waals surface area contributed by atoms with E-state index in [1.54, 1.807) is 0 Å². The van der Waals surface area contributed by atoms with Crippen LogP contribution in [0.3, 0.4) is 0 Å². The molecule has 9 heavy (non-hydrogen) atoms. The maximum Gasteiger partial charge on any atom is 0.343 e. The van der Waals surface area contributed by atoms with Crippen LogP contribution in [0.1, 0.15) is 0 Å². The third kappa shape index (κ3) is 6.03. The third-order valence-corrected chi connectivity index (χ3v) is 8.46. The standard InChI is InChI=1S/CH3N.4CH3.2Al.V/c1-2;;;;;;;/h1H3;4*1H3;;;. The molecular formula is C5H15Al2NV. The van der Waals surface area contributed by atoms with Crippen LogP contribution in [0.5, 0.6) is 0 Å². The van der Waals surface area contributed by atoms with Crippen molar-refractivity contribution in [2.45, 2.75) is 23.1 Å². The summed E-state index contributed by atoms with van der Waals surface area (Å²) in [4.78, 5) is 0. The fourth-order valence-corrected chi connectivity index (χ4v) is 5.37. The molecule has 4 heteroatoms. The topological polar surface area (TPSA) is 3.24 Å². The molecule has 0 heterocycles. The van der Waals surface area contributed by atoms with E-state index in [9.17, 15) is 0 Å². The van der Waals surface area contributed by atoms with E-state index in [-0.39, 0.29) is 18.6 Å². The summed E-state index contributed by atoms with van der Waals surface area (Å²) in [7, 11) is 2.27. The molecule has 0 aromatic heterocycles.